The van der Waals surface area contributed by atoms with Gasteiger partial charge in [-0.3, -0.25) is 4.72 Å². The second kappa shape index (κ2) is 6.37. The second-order valence-corrected chi connectivity index (χ2v) is 7.04. The average molecular weight is 372 g/mol. The highest BCUT2D eigenvalue weighted by molar-refractivity contribution is 9.10. The largest absolute Gasteiger partial charge is 0.338 e. The minimum absolute atomic E-state index is 0.154. The fraction of sp³-hybridized carbons (Fsp3) is 0.167. The Kier molecular flexibility index (Phi) is 4.76. The molecule has 2 N–H and O–H groups in total. The lowest BCUT2D eigenvalue weighted by Crippen LogP contribution is -2.29. The quantitative estimate of drug-likeness (QED) is 0.840. The molecule has 0 saturated carbocycles. The lowest BCUT2D eigenvalue weighted by Gasteiger charge is -2.12. The molecule has 1 aromatic carbocycles. The Labute approximate surface area is 131 Å². The first kappa shape index (κ1) is 15.7. The third-order valence-electron chi connectivity index (χ3n) is 2.52. The Morgan fingerprint density at radius 2 is 1.67 bits per heavy atom. The predicted molar refractivity (Wildman–Crippen MR) is 85.7 cm³/mol. The molecule has 1 heterocycles. The third-order valence-corrected chi connectivity index (χ3v) is 4.64. The molecule has 7 nitrogen and oxygen atoms in total. The van der Waals surface area contributed by atoms with Crippen molar-refractivity contribution >= 4 is 43.5 Å². The molecule has 112 valence electrons. The summed E-state index contributed by atoms with van der Waals surface area (Å²) in [6, 6.07) is 10.7. The first-order valence-electron chi connectivity index (χ1n) is 5.94. The molecule has 0 aliphatic rings. The lowest BCUT2D eigenvalue weighted by atomic mass is 10.3. The zero-order valence-corrected chi connectivity index (χ0v) is 13.8. The smallest absolute Gasteiger partial charge is 0.302 e. The van der Waals surface area contributed by atoms with E-state index >= 15 is 0 Å². The van der Waals surface area contributed by atoms with E-state index in [1.807, 2.05) is 24.3 Å². The van der Waals surface area contributed by atoms with Crippen LogP contribution in [0.2, 0.25) is 0 Å². The topological polar surface area (TPSA) is 87.2 Å². The summed E-state index contributed by atoms with van der Waals surface area (Å²) in [7, 11) is -0.718. The van der Waals surface area contributed by atoms with E-state index in [-0.39, 0.29) is 5.82 Å². The molecule has 0 unspecified atom stereocenters. The van der Waals surface area contributed by atoms with E-state index in [4.69, 9.17) is 0 Å². The van der Waals surface area contributed by atoms with Gasteiger partial charge in [0.25, 0.3) is 0 Å². The van der Waals surface area contributed by atoms with Crippen LogP contribution in [-0.4, -0.2) is 37.0 Å². The molecule has 0 saturated heterocycles. The van der Waals surface area contributed by atoms with Crippen LogP contribution in [0.3, 0.4) is 0 Å². The van der Waals surface area contributed by atoms with E-state index in [2.05, 4.69) is 36.2 Å². The van der Waals surface area contributed by atoms with Crippen LogP contribution in [-0.2, 0) is 10.2 Å². The highest BCUT2D eigenvalue weighted by atomic mass is 79.9. The minimum atomic E-state index is -3.58. The van der Waals surface area contributed by atoms with Gasteiger partial charge in [-0.05, 0) is 40.2 Å². The molecule has 2 rings (SSSR count). The summed E-state index contributed by atoms with van der Waals surface area (Å²) in [5, 5.41) is 10.8. The van der Waals surface area contributed by atoms with Gasteiger partial charge in [-0.2, -0.15) is 12.7 Å². The second-order valence-electron chi connectivity index (χ2n) is 4.30. The van der Waals surface area contributed by atoms with Crippen molar-refractivity contribution in [3.8, 4) is 0 Å². The third kappa shape index (κ3) is 4.13. The van der Waals surface area contributed by atoms with Crippen LogP contribution in [0.4, 0.5) is 17.3 Å². The van der Waals surface area contributed by atoms with Gasteiger partial charge in [0.05, 0.1) is 5.69 Å². The molecule has 0 fully saturated rings. The minimum Gasteiger partial charge on any atom is -0.338 e. The molecule has 0 aliphatic heterocycles. The van der Waals surface area contributed by atoms with Gasteiger partial charge in [0.2, 0.25) is 0 Å². The Balaban J connectivity index is 2.11. The number of hydrogen-bond donors (Lipinski definition) is 2. The Morgan fingerprint density at radius 3 is 2.24 bits per heavy atom. The van der Waals surface area contributed by atoms with Gasteiger partial charge in [0.1, 0.15) is 0 Å². The molecule has 1 aromatic heterocycles. The van der Waals surface area contributed by atoms with Gasteiger partial charge in [0.15, 0.2) is 11.6 Å². The number of hydrogen-bond acceptors (Lipinski definition) is 5. The van der Waals surface area contributed by atoms with Crippen LogP contribution in [0.15, 0.2) is 40.9 Å². The van der Waals surface area contributed by atoms with Gasteiger partial charge in [-0.15, -0.1) is 10.2 Å². The van der Waals surface area contributed by atoms with E-state index in [1.165, 1.54) is 20.2 Å². The summed E-state index contributed by atoms with van der Waals surface area (Å²) in [5.41, 5.74) is 0.841. The van der Waals surface area contributed by atoms with E-state index in [0.717, 1.165) is 14.5 Å². The fourth-order valence-corrected chi connectivity index (χ4v) is 2.32. The predicted octanol–water partition coefficient (Wildman–Crippen LogP) is 2.20. The van der Waals surface area contributed by atoms with Crippen molar-refractivity contribution in [3.63, 3.8) is 0 Å². The van der Waals surface area contributed by atoms with Gasteiger partial charge < -0.3 is 5.32 Å². The SMILES string of the molecule is CN(C)S(=O)(=O)Nc1ccc(Nc2ccccc2Br)nn1. The number of anilines is 3. The lowest BCUT2D eigenvalue weighted by molar-refractivity contribution is 0.526. The van der Waals surface area contributed by atoms with E-state index < -0.39 is 10.2 Å². The molecular formula is C12H14BrN5O2S. The first-order chi connectivity index (χ1) is 9.88. The molecular weight excluding hydrogens is 358 g/mol. The van der Waals surface area contributed by atoms with Crippen molar-refractivity contribution in [2.24, 2.45) is 0 Å². The van der Waals surface area contributed by atoms with Crippen molar-refractivity contribution in [2.75, 3.05) is 24.1 Å². The molecule has 21 heavy (non-hydrogen) atoms. The zero-order chi connectivity index (χ0) is 15.5. The highest BCUT2D eigenvalue weighted by Gasteiger charge is 2.13. The molecule has 0 aliphatic carbocycles. The molecule has 0 bridgehead atoms. The standard InChI is InChI=1S/C12H14BrN5O2S/c1-18(2)21(19,20)17-12-8-7-11(15-16-12)14-10-6-4-3-5-9(10)13/h3-8H,1-2H3,(H,14,15)(H,16,17). The maximum Gasteiger partial charge on any atom is 0.302 e. The number of halogens is 1. The van der Waals surface area contributed by atoms with E-state index in [0.29, 0.717) is 5.82 Å². The van der Waals surface area contributed by atoms with Crippen LogP contribution >= 0.6 is 15.9 Å². The summed E-state index contributed by atoms with van der Waals surface area (Å²) < 4.78 is 27.5. The normalized spacial score (nSPS) is 11.4. The van der Waals surface area contributed by atoms with Crippen LogP contribution in [0, 0.1) is 0 Å². The molecule has 0 radical (unpaired) electrons. The van der Waals surface area contributed by atoms with Gasteiger partial charge >= 0.3 is 10.2 Å². The number of nitrogens with one attached hydrogen (secondary N) is 2. The van der Waals surface area contributed by atoms with Crippen LogP contribution < -0.4 is 10.0 Å². The molecule has 2 aromatic rings. The van der Waals surface area contributed by atoms with E-state index in [9.17, 15) is 8.42 Å². The fourth-order valence-electron chi connectivity index (χ4n) is 1.38. The summed E-state index contributed by atoms with van der Waals surface area (Å²) in [5.74, 6) is 0.663. The molecule has 0 atom stereocenters. The zero-order valence-electron chi connectivity index (χ0n) is 11.4. The van der Waals surface area contributed by atoms with E-state index in [1.54, 1.807) is 6.07 Å². The Morgan fingerprint density at radius 1 is 1.05 bits per heavy atom. The summed E-state index contributed by atoms with van der Waals surface area (Å²) in [6.07, 6.45) is 0. The van der Waals surface area contributed by atoms with Crippen LogP contribution in [0.1, 0.15) is 0 Å². The van der Waals surface area contributed by atoms with Crippen molar-refractivity contribution in [1.29, 1.82) is 0 Å². The van der Waals surface area contributed by atoms with Crippen molar-refractivity contribution < 1.29 is 8.42 Å². The Bertz CT molecular complexity index is 719. The first-order valence-corrected chi connectivity index (χ1v) is 8.17. The summed E-state index contributed by atoms with van der Waals surface area (Å²) in [6.45, 7) is 0. The summed E-state index contributed by atoms with van der Waals surface area (Å²) in [4.78, 5) is 0. The van der Waals surface area contributed by atoms with Crippen LogP contribution in [0.5, 0.6) is 0 Å². The van der Waals surface area contributed by atoms with Crippen molar-refractivity contribution in [3.05, 3.63) is 40.9 Å². The van der Waals surface area contributed by atoms with Crippen molar-refractivity contribution in [1.82, 2.24) is 14.5 Å². The highest BCUT2D eigenvalue weighted by Crippen LogP contribution is 2.24. The number of benzene rings is 1. The number of rotatable bonds is 5. The van der Waals surface area contributed by atoms with Crippen LogP contribution in [0.25, 0.3) is 0 Å². The average Bonchev–Trinajstić information content (AvgIpc) is 2.43. The monoisotopic (exact) mass is 371 g/mol. The Hall–Kier alpha value is -1.71. The van der Waals surface area contributed by atoms with Gasteiger partial charge in [-0.1, -0.05) is 12.1 Å². The molecule has 9 heteroatoms. The molecule has 0 spiro atoms. The number of aromatic nitrogens is 2. The maximum absolute atomic E-state index is 11.6. The maximum atomic E-state index is 11.6. The number of nitrogens with zero attached hydrogens (tertiary/aromatic N) is 3. The van der Waals surface area contributed by atoms with Crippen molar-refractivity contribution in [2.45, 2.75) is 0 Å². The molecule has 0 amide bonds. The van der Waals surface area contributed by atoms with Gasteiger partial charge in [-0.25, -0.2) is 0 Å². The summed E-state index contributed by atoms with van der Waals surface area (Å²) >= 11 is 3.42. The van der Waals surface area contributed by atoms with Gasteiger partial charge in [0, 0.05) is 18.6 Å². The number of para-hydroxylation sites is 1.